The minimum Gasteiger partial charge on any atom is -0.340 e. The molecule has 1 atom stereocenters. The number of para-hydroxylation sites is 1. The van der Waals surface area contributed by atoms with Crippen molar-refractivity contribution in [3.8, 4) is 5.95 Å². The van der Waals surface area contributed by atoms with Gasteiger partial charge in [-0.1, -0.05) is 12.1 Å². The molecule has 3 aromatic heterocycles. The summed E-state index contributed by atoms with van der Waals surface area (Å²) in [4.78, 5) is 27.2. The number of nitrogens with zero attached hydrogens (tertiary/aromatic N) is 7. The molecule has 10 heteroatoms. The fourth-order valence-electron chi connectivity index (χ4n) is 3.55. The lowest BCUT2D eigenvalue weighted by Gasteiger charge is -2.21. The highest BCUT2D eigenvalue weighted by molar-refractivity contribution is 5.91. The van der Waals surface area contributed by atoms with Crippen LogP contribution >= 0.6 is 0 Å². The first-order chi connectivity index (χ1) is 13.2. The Bertz CT molecular complexity index is 1110. The summed E-state index contributed by atoms with van der Waals surface area (Å²) in [7, 11) is 0. The fourth-order valence-corrected chi connectivity index (χ4v) is 3.55. The molecule has 5 rings (SSSR count). The number of imidazole rings is 1. The molecule has 0 bridgehead atoms. The molecule has 0 radical (unpaired) electrons. The summed E-state index contributed by atoms with van der Waals surface area (Å²) in [5, 5.41) is 14.2. The molecule has 27 heavy (non-hydrogen) atoms. The first-order valence-electron chi connectivity index (χ1n) is 8.74. The summed E-state index contributed by atoms with van der Waals surface area (Å²) in [6, 6.07) is 5.93. The standard InChI is InChI=1S/C17H17N9O/c1-10-4-2-5-11-13(10)21-14(20-11)12-6-3-7-26(12)16(27)15-22-17(24-23-15)25-8-18-19-9-25/h2,4-5,8-9,12H,3,6-7H2,1H3,(H,20,21)(H,22,23,24). The van der Waals surface area contributed by atoms with Crippen molar-refractivity contribution in [3.05, 3.63) is 48.1 Å². The van der Waals surface area contributed by atoms with E-state index in [0.717, 1.165) is 35.3 Å². The van der Waals surface area contributed by atoms with Crippen LogP contribution in [0.5, 0.6) is 0 Å². The lowest BCUT2D eigenvalue weighted by atomic mass is 10.2. The van der Waals surface area contributed by atoms with E-state index in [1.165, 1.54) is 17.2 Å². The Balaban J connectivity index is 1.45. The van der Waals surface area contributed by atoms with Crippen LogP contribution in [-0.2, 0) is 0 Å². The van der Waals surface area contributed by atoms with Gasteiger partial charge in [0.1, 0.15) is 18.5 Å². The third-order valence-corrected chi connectivity index (χ3v) is 4.89. The number of benzene rings is 1. The van der Waals surface area contributed by atoms with Crippen molar-refractivity contribution >= 4 is 16.9 Å². The maximum absolute atomic E-state index is 13.0. The monoisotopic (exact) mass is 363 g/mol. The number of nitrogens with one attached hydrogen (secondary N) is 2. The van der Waals surface area contributed by atoms with E-state index in [4.69, 9.17) is 4.98 Å². The van der Waals surface area contributed by atoms with E-state index >= 15 is 0 Å². The summed E-state index contributed by atoms with van der Waals surface area (Å²) in [6.07, 6.45) is 4.73. The molecular formula is C17H17N9O. The van der Waals surface area contributed by atoms with Gasteiger partial charge in [-0.2, -0.15) is 4.98 Å². The second-order valence-corrected chi connectivity index (χ2v) is 6.60. The van der Waals surface area contributed by atoms with Gasteiger partial charge in [-0.15, -0.1) is 15.3 Å². The average Bonchev–Trinajstić information content (AvgIpc) is 3.47. The molecule has 4 heterocycles. The molecule has 0 spiro atoms. The van der Waals surface area contributed by atoms with E-state index in [9.17, 15) is 4.79 Å². The first kappa shape index (κ1) is 15.7. The smallest absolute Gasteiger partial charge is 0.291 e. The molecule has 1 fully saturated rings. The highest BCUT2D eigenvalue weighted by atomic mass is 16.2. The van der Waals surface area contributed by atoms with Gasteiger partial charge in [-0.3, -0.25) is 14.5 Å². The van der Waals surface area contributed by atoms with Gasteiger partial charge in [0.05, 0.1) is 17.1 Å². The van der Waals surface area contributed by atoms with Gasteiger partial charge in [0, 0.05) is 6.54 Å². The van der Waals surface area contributed by atoms with E-state index in [1.807, 2.05) is 25.1 Å². The Kier molecular flexibility index (Phi) is 3.49. The van der Waals surface area contributed by atoms with Crippen LogP contribution in [0.1, 0.15) is 40.9 Å². The van der Waals surface area contributed by atoms with Crippen LogP contribution in [0.2, 0.25) is 0 Å². The van der Waals surface area contributed by atoms with Crippen molar-refractivity contribution < 1.29 is 4.79 Å². The quantitative estimate of drug-likeness (QED) is 0.569. The van der Waals surface area contributed by atoms with E-state index < -0.39 is 0 Å². The zero-order valence-corrected chi connectivity index (χ0v) is 14.6. The third kappa shape index (κ3) is 2.57. The molecule has 4 aromatic rings. The van der Waals surface area contributed by atoms with Crippen LogP contribution in [0.4, 0.5) is 0 Å². The number of aromatic amines is 2. The minimum absolute atomic E-state index is 0.104. The van der Waals surface area contributed by atoms with Crippen LogP contribution in [0.3, 0.4) is 0 Å². The van der Waals surface area contributed by atoms with Crippen LogP contribution in [-0.4, -0.2) is 57.3 Å². The second kappa shape index (κ2) is 6.01. The molecule has 2 N–H and O–H groups in total. The number of amides is 1. The Morgan fingerprint density at radius 2 is 2.07 bits per heavy atom. The van der Waals surface area contributed by atoms with Crippen molar-refractivity contribution in [2.24, 2.45) is 0 Å². The Hall–Kier alpha value is -3.56. The van der Waals surface area contributed by atoms with Gasteiger partial charge >= 0.3 is 0 Å². The molecule has 136 valence electrons. The van der Waals surface area contributed by atoms with Crippen molar-refractivity contribution in [2.45, 2.75) is 25.8 Å². The SMILES string of the molecule is Cc1cccc2[nH]c(C3CCCN3C(=O)c3nc(-n4cnnc4)n[nH]3)nc12. The van der Waals surface area contributed by atoms with Crippen LogP contribution in [0.25, 0.3) is 17.0 Å². The largest absolute Gasteiger partial charge is 0.340 e. The number of fused-ring (bicyclic) bond motifs is 1. The highest BCUT2D eigenvalue weighted by Gasteiger charge is 2.34. The number of aromatic nitrogens is 8. The van der Waals surface area contributed by atoms with E-state index in [-0.39, 0.29) is 17.8 Å². The van der Waals surface area contributed by atoms with Crippen molar-refractivity contribution in [2.75, 3.05) is 6.54 Å². The number of rotatable bonds is 3. The predicted molar refractivity (Wildman–Crippen MR) is 95.1 cm³/mol. The van der Waals surface area contributed by atoms with Gasteiger partial charge in [0.25, 0.3) is 11.9 Å². The molecule has 0 saturated carbocycles. The third-order valence-electron chi connectivity index (χ3n) is 4.89. The van der Waals surface area contributed by atoms with Crippen molar-refractivity contribution in [3.63, 3.8) is 0 Å². The second-order valence-electron chi connectivity index (χ2n) is 6.60. The van der Waals surface area contributed by atoms with E-state index in [2.05, 4.69) is 30.4 Å². The van der Waals surface area contributed by atoms with Crippen molar-refractivity contribution in [1.82, 2.24) is 44.8 Å². The number of aryl methyl sites for hydroxylation is 1. The van der Waals surface area contributed by atoms with Crippen molar-refractivity contribution in [1.29, 1.82) is 0 Å². The Morgan fingerprint density at radius 1 is 1.22 bits per heavy atom. The lowest BCUT2D eigenvalue weighted by molar-refractivity contribution is 0.0718. The van der Waals surface area contributed by atoms with Crippen LogP contribution in [0.15, 0.2) is 30.9 Å². The first-order valence-corrected chi connectivity index (χ1v) is 8.74. The molecule has 1 aromatic carbocycles. The number of likely N-dealkylation sites (tertiary alicyclic amines) is 1. The maximum Gasteiger partial charge on any atom is 0.291 e. The molecule has 0 aliphatic carbocycles. The highest BCUT2D eigenvalue weighted by Crippen LogP contribution is 2.32. The summed E-state index contributed by atoms with van der Waals surface area (Å²) in [5.74, 6) is 1.14. The van der Waals surface area contributed by atoms with Gasteiger partial charge in [0.15, 0.2) is 0 Å². The molecule has 1 saturated heterocycles. The zero-order valence-electron chi connectivity index (χ0n) is 14.6. The van der Waals surface area contributed by atoms with Crippen LogP contribution in [0, 0.1) is 6.92 Å². The maximum atomic E-state index is 13.0. The Morgan fingerprint density at radius 3 is 2.89 bits per heavy atom. The van der Waals surface area contributed by atoms with Gasteiger partial charge < -0.3 is 9.88 Å². The molecular weight excluding hydrogens is 346 g/mol. The summed E-state index contributed by atoms with van der Waals surface area (Å²) >= 11 is 0. The number of carbonyl (C=O) groups is 1. The molecule has 1 amide bonds. The van der Waals surface area contributed by atoms with E-state index in [0.29, 0.717) is 12.5 Å². The number of carbonyl (C=O) groups excluding carboxylic acids is 1. The van der Waals surface area contributed by atoms with Crippen LogP contribution < -0.4 is 0 Å². The molecule has 1 aliphatic rings. The summed E-state index contributed by atoms with van der Waals surface area (Å²) in [5.41, 5.74) is 3.04. The average molecular weight is 363 g/mol. The lowest BCUT2D eigenvalue weighted by Crippen LogP contribution is -2.32. The van der Waals surface area contributed by atoms with E-state index in [1.54, 1.807) is 4.90 Å². The summed E-state index contributed by atoms with van der Waals surface area (Å²) < 4.78 is 1.54. The number of H-pyrrole nitrogens is 2. The predicted octanol–water partition coefficient (Wildman–Crippen LogP) is 1.55. The van der Waals surface area contributed by atoms with Gasteiger partial charge in [0.2, 0.25) is 5.82 Å². The fraction of sp³-hybridized carbons (Fsp3) is 0.294. The van der Waals surface area contributed by atoms with Gasteiger partial charge in [-0.25, -0.2) is 4.98 Å². The minimum atomic E-state index is -0.193. The number of hydrogen-bond donors (Lipinski definition) is 2. The zero-order chi connectivity index (χ0) is 18.4. The normalized spacial score (nSPS) is 17.1. The van der Waals surface area contributed by atoms with Gasteiger partial charge in [-0.05, 0) is 31.4 Å². The molecule has 1 aliphatic heterocycles. The Labute approximate surface area is 153 Å². The molecule has 10 nitrogen and oxygen atoms in total. The number of hydrogen-bond acceptors (Lipinski definition) is 6. The topological polar surface area (TPSA) is 121 Å². The summed E-state index contributed by atoms with van der Waals surface area (Å²) in [6.45, 7) is 2.69. The molecule has 1 unspecified atom stereocenters.